The number of likely N-dealkylation sites (tertiary alicyclic amines) is 2. The molecule has 0 saturated carbocycles. The molecule has 1 unspecified atom stereocenters. The number of aromatic nitrogens is 1. The van der Waals surface area contributed by atoms with Crippen LogP contribution in [0.5, 0.6) is 5.75 Å². The molecule has 0 aliphatic carbocycles. The number of aliphatic hydroxyl groups excluding tert-OH is 3. The van der Waals surface area contributed by atoms with Crippen molar-refractivity contribution in [3.63, 3.8) is 0 Å². The van der Waals surface area contributed by atoms with Crippen molar-refractivity contribution >= 4 is 117 Å². The number of nitrogens with two attached hydrogens (primary N) is 1. The van der Waals surface area contributed by atoms with Crippen LogP contribution < -0.4 is 53.6 Å². The molecule has 2 aliphatic heterocycles. The van der Waals surface area contributed by atoms with Crippen molar-refractivity contribution in [1.29, 1.82) is 0 Å². The molecule has 1 aromatic heterocycles. The predicted octanol–water partition coefficient (Wildman–Crippen LogP) is -0.782. The number of unbranched alkanes of at least 4 members (excludes halogenated alkanes) is 1. The number of para-hydroxylation sites is 1. The molecule has 2 fully saturated rings. The molecule has 3 heterocycles. The molecule has 15 atom stereocenters. The molecular weight excluding hydrogens is 1760 g/mol. The largest absolute Gasteiger partial charge is 0.508 e. The highest BCUT2D eigenvalue weighted by Gasteiger charge is 2.47. The number of carbonyl (C=O) groups is 16. The average molecular weight is 1880 g/mol. The Morgan fingerprint density at radius 2 is 1.09 bits per heavy atom. The van der Waals surface area contributed by atoms with Crippen molar-refractivity contribution < 1.29 is 126 Å². The Labute approximate surface area is 768 Å². The number of halogens is 3. The lowest BCUT2D eigenvalue weighted by atomic mass is 9.98. The number of phenols is 1. The van der Waals surface area contributed by atoms with E-state index in [1.165, 1.54) is 64.2 Å². The summed E-state index contributed by atoms with van der Waals surface area (Å²) in [6.07, 6.45) is -6.67. The Balaban J connectivity index is 1.01. The van der Waals surface area contributed by atoms with Crippen LogP contribution >= 0.6 is 11.8 Å². The van der Waals surface area contributed by atoms with Gasteiger partial charge in [0, 0.05) is 95.7 Å². The number of carboxylic acids is 3. The molecule has 133 heavy (non-hydrogen) atoms. The van der Waals surface area contributed by atoms with Crippen molar-refractivity contribution in [2.45, 2.75) is 195 Å². The highest BCUT2D eigenvalue weighted by atomic mass is 32.2. The number of amides is 13. The monoisotopic (exact) mass is 1880 g/mol. The van der Waals surface area contributed by atoms with E-state index in [9.17, 15) is 102 Å². The van der Waals surface area contributed by atoms with Crippen molar-refractivity contribution in [2.24, 2.45) is 11.7 Å². The number of likely N-dealkylation sites (N-methyl/N-ethyl adjacent to an activating group) is 4. The van der Waals surface area contributed by atoms with Gasteiger partial charge in [-0.05, 0) is 90.4 Å². The summed E-state index contributed by atoms with van der Waals surface area (Å²) in [4.78, 5) is 234. The summed E-state index contributed by atoms with van der Waals surface area (Å²) >= 11 is 0.569. The second-order valence-electron chi connectivity index (χ2n) is 33.2. The highest BCUT2D eigenvalue weighted by Crippen LogP contribution is 2.28. The van der Waals surface area contributed by atoms with Gasteiger partial charge in [-0.1, -0.05) is 125 Å². The molecule has 39 nitrogen and oxygen atoms in total. The van der Waals surface area contributed by atoms with E-state index < -0.39 is 271 Å². The van der Waals surface area contributed by atoms with Crippen LogP contribution in [0.25, 0.3) is 10.9 Å². The van der Waals surface area contributed by atoms with Gasteiger partial charge in [0.1, 0.15) is 72.4 Å². The number of phenolic OH excluding ortho intramolecular Hbond substituents is 1. The molecule has 0 spiro atoms. The molecule has 5 aromatic carbocycles. The molecule has 43 heteroatoms. The number of nitrogens with one attached hydrogen (secondary N) is 10. The molecule has 720 valence electrons. The number of rotatable bonds is 50. The molecule has 6 aromatic rings. The zero-order valence-electron chi connectivity index (χ0n) is 74.3. The number of carboxylic acid groups (broad SMARTS) is 3. The van der Waals surface area contributed by atoms with Gasteiger partial charge in [0.05, 0.1) is 55.9 Å². The second kappa shape index (κ2) is 50.0. The van der Waals surface area contributed by atoms with Crippen LogP contribution in [0.4, 0.5) is 13.2 Å². The number of nitrogens with zero attached hydrogens (tertiary/aromatic N) is 5. The van der Waals surface area contributed by atoms with Crippen LogP contribution in [0.15, 0.2) is 128 Å². The van der Waals surface area contributed by atoms with Crippen LogP contribution in [0.3, 0.4) is 0 Å². The Hall–Kier alpha value is -13.1. The molecule has 2 saturated heterocycles. The number of aliphatic hydroxyl groups is 3. The van der Waals surface area contributed by atoms with Gasteiger partial charge in [0.25, 0.3) is 0 Å². The number of fused-ring (bicyclic) bond motifs is 1. The number of aromatic hydroxyl groups is 1. The number of carbonyl (C=O) groups excluding carboxylic acids is 13. The Kier molecular flexibility index (Phi) is 39.5. The summed E-state index contributed by atoms with van der Waals surface area (Å²) < 4.78 is 44.9. The zero-order chi connectivity index (χ0) is 97.8. The molecule has 13 amide bonds. The van der Waals surface area contributed by atoms with Gasteiger partial charge < -0.3 is 114 Å². The fraction of sp³-hybridized carbons (Fsp3) is 0.467. The van der Waals surface area contributed by atoms with E-state index in [0.29, 0.717) is 47.0 Å². The van der Waals surface area contributed by atoms with Crippen molar-refractivity contribution in [1.82, 2.24) is 77.3 Å². The number of aliphatic carboxylic acids is 3. The number of thioether (sulfide) groups is 1. The minimum Gasteiger partial charge on any atom is -0.508 e. The van der Waals surface area contributed by atoms with Gasteiger partial charge in [-0.2, -0.15) is 0 Å². The van der Waals surface area contributed by atoms with Crippen molar-refractivity contribution in [3.8, 4) is 5.75 Å². The van der Waals surface area contributed by atoms with Gasteiger partial charge in [-0.3, -0.25) is 81.6 Å². The Morgan fingerprint density at radius 1 is 0.556 bits per heavy atom. The van der Waals surface area contributed by atoms with E-state index in [0.717, 1.165) is 43.1 Å². The number of benzene rings is 5. The number of aromatic amines is 1. The Bertz CT molecular complexity index is 5100. The van der Waals surface area contributed by atoms with E-state index in [2.05, 4.69) is 52.8 Å². The highest BCUT2D eigenvalue weighted by molar-refractivity contribution is 8.00. The summed E-state index contributed by atoms with van der Waals surface area (Å²) in [6.45, 7) is 3.48. The molecule has 8 rings (SSSR count). The fourth-order valence-corrected chi connectivity index (χ4v) is 16.5. The minimum atomic E-state index is -2.03. The maximum absolute atomic E-state index is 15.7. The summed E-state index contributed by atoms with van der Waals surface area (Å²) in [5.41, 5.74) is 7.73. The number of hydrogen-bond acceptors (Lipinski definition) is 23. The third kappa shape index (κ3) is 30.5. The average Bonchev–Trinajstić information content (AvgIpc) is 1.76. The van der Waals surface area contributed by atoms with Gasteiger partial charge in [0.2, 0.25) is 76.8 Å². The number of H-pyrrole nitrogens is 1. The van der Waals surface area contributed by atoms with Gasteiger partial charge in [0.15, 0.2) is 17.5 Å². The summed E-state index contributed by atoms with van der Waals surface area (Å²) in [7, 11) is 5.07. The molecule has 19 N–H and O–H groups in total. The zero-order valence-corrected chi connectivity index (χ0v) is 75.1. The molecular formula is C90H115F3N16O23S. The topological polar surface area (TPSA) is 581 Å². The normalized spacial score (nSPS) is 17.0. The second-order valence-corrected chi connectivity index (χ2v) is 34.2. The quantitative estimate of drug-likeness (QED) is 0.0208. The van der Waals surface area contributed by atoms with Crippen LogP contribution in [0.2, 0.25) is 0 Å². The molecule has 0 radical (unpaired) electrons. The summed E-state index contributed by atoms with van der Waals surface area (Å²) in [5.74, 6) is -26.2. The van der Waals surface area contributed by atoms with Gasteiger partial charge in [-0.25, -0.2) is 13.2 Å². The number of primary amides is 1. The number of hydrogen-bond donors (Lipinski definition) is 18. The van der Waals surface area contributed by atoms with E-state index >= 15 is 23.2 Å². The van der Waals surface area contributed by atoms with E-state index in [4.69, 9.17) is 5.73 Å². The van der Waals surface area contributed by atoms with Crippen LogP contribution in [0, 0.1) is 23.4 Å². The summed E-state index contributed by atoms with van der Waals surface area (Å²) in [5, 5.41) is 96.4. The molecule has 0 bridgehead atoms. The third-order valence-electron chi connectivity index (χ3n) is 22.9. The Morgan fingerprint density at radius 3 is 1.67 bits per heavy atom. The lowest BCUT2D eigenvalue weighted by molar-refractivity contribution is -0.152. The SMILES string of the molecule is CCCC[C@@H](C(=O)N1C[C@H](O)C[C@@H]1C(=O)N[C@@H](CC(=O)O)C(=O)N[C@H](C(=O)N(C)[C@@H](Cc1ccccc1)C(=O)N[C@@H](CC(=O)O)C(O)N1CC[C@@H](O)C1)C(C)C)N(C)C(=O)[C@H](Cc1ccccc1)N(C)C(=O)[C@H](Cc1cc(F)c(F)c(F)c1)NC(=O)CSC[C@H](NC(=O)[C@H](CC(=O)O)NC(=O)[C@H](Cc1ccc(O)cc1)NC(=O)[C@H](Cc1c[nH]c2ccccc12)NC)C(=O)NCC(N)=O. The van der Waals surface area contributed by atoms with Gasteiger partial charge in [-0.15, -0.1) is 11.8 Å². The maximum Gasteiger partial charge on any atom is 0.305 e. The first kappa shape index (κ1) is 105. The van der Waals surface area contributed by atoms with Crippen molar-refractivity contribution in [2.75, 3.05) is 65.9 Å². The smallest absolute Gasteiger partial charge is 0.305 e. The minimum absolute atomic E-state index is 0.0360. The first-order valence-corrected chi connectivity index (χ1v) is 44.2. The van der Waals surface area contributed by atoms with Gasteiger partial charge >= 0.3 is 17.9 Å². The predicted molar refractivity (Wildman–Crippen MR) is 475 cm³/mol. The number of β-amino-alcohol motifs (C(OH)–C–C–N with tert-alkyl or cyclic N) is 2. The van der Waals surface area contributed by atoms with E-state index in [-0.39, 0.29) is 63.8 Å². The van der Waals surface area contributed by atoms with E-state index in [1.807, 2.05) is 18.2 Å². The molecule has 2 aliphatic rings. The maximum atomic E-state index is 15.7. The van der Waals surface area contributed by atoms with Crippen molar-refractivity contribution in [3.05, 3.63) is 173 Å². The van der Waals surface area contributed by atoms with Crippen LogP contribution in [0.1, 0.15) is 100.0 Å². The first-order chi connectivity index (χ1) is 63.1. The lowest BCUT2D eigenvalue weighted by Gasteiger charge is -2.38. The standard InChI is InChI=1S/C90H115F3N16O23S/c1-8-9-24-68(89(131)109-45-56(112)38-70(109)85(127)101-64(40-75(117)118)83(125)104-78(48(2)3)90(132)106(6)69(35-49-18-12-10-13-19-49)84(126)102-66(41-76(119)120)87(129)108-30-29-55(111)44-108)105(5)88(130)71(36-50-20-14-11-15-21-50)107(7)86(128)65(34-52-31-58(91)77(93)59(92)32-52)98-73(114)47-133-46-67(79(121)97-43-72(94)113)103-82(124)63(39-74(115)116)100-81(123)62(33-51-25-27-54(110)28-26-51)99-80(122)61(95-4)37-53-42-96-60-23-17-16-22-57(53)60/h10-23,25-28,31-32,42,48,55-56,61-71,78,87,95-96,110-112,129H,8-9,24,29-30,33-41,43-47H2,1-7H3,(H2,94,113)(H,97,121)(H,98,114)(H,99,122)(H,100,123)(H,101,127)(H,102,126)(H,103,124)(H,104,125)(H,115,116)(H,117,118)(H,119,120)/t55-,56-,61+,62+,63+,64+,65+,66+,67+,68+,69+,70-,71+,78+,87?/m1/s1. The fourth-order valence-electron chi connectivity index (χ4n) is 15.7. The summed E-state index contributed by atoms with van der Waals surface area (Å²) in [6, 6.07) is 10.3. The lowest BCUT2D eigenvalue weighted by Crippen LogP contribution is -2.62. The first-order valence-electron chi connectivity index (χ1n) is 43.1. The van der Waals surface area contributed by atoms with Crippen LogP contribution in [-0.2, 0) is 109 Å². The van der Waals surface area contributed by atoms with E-state index in [1.54, 1.807) is 79.9 Å². The third-order valence-corrected chi connectivity index (χ3v) is 24.0. The van der Waals surface area contributed by atoms with Crippen LogP contribution in [-0.4, -0.2) is 317 Å².